The van der Waals surface area contributed by atoms with E-state index >= 15 is 0 Å². The molecule has 0 radical (unpaired) electrons. The predicted octanol–water partition coefficient (Wildman–Crippen LogP) is 1.83. The third kappa shape index (κ3) is 4.86. The molecule has 1 heterocycles. The number of nitrogens with one attached hydrogen (secondary N) is 1. The van der Waals surface area contributed by atoms with Gasteiger partial charge < -0.3 is 5.32 Å². The minimum absolute atomic E-state index is 0.211. The Morgan fingerprint density at radius 3 is 2.67 bits per heavy atom. The molecule has 1 fully saturated rings. The Hall–Kier alpha value is -0.130. The Bertz CT molecular complexity index is 328. The minimum Gasteiger partial charge on any atom is -0.320 e. The lowest BCUT2D eigenvalue weighted by Crippen LogP contribution is -2.45. The SMILES string of the molecule is CNCCC1CCCCN1S(=O)(=O)CCC(C)C. The van der Waals surface area contributed by atoms with E-state index in [0.717, 1.165) is 45.2 Å². The normalized spacial score (nSPS) is 22.6. The van der Waals surface area contributed by atoms with E-state index in [1.807, 2.05) is 7.05 Å². The summed E-state index contributed by atoms with van der Waals surface area (Å²) in [6, 6.07) is 0.211. The Labute approximate surface area is 112 Å². The summed E-state index contributed by atoms with van der Waals surface area (Å²) in [6.07, 6.45) is 4.87. The molecule has 0 aromatic carbocycles. The van der Waals surface area contributed by atoms with Crippen LogP contribution in [0.3, 0.4) is 0 Å². The Morgan fingerprint density at radius 1 is 1.33 bits per heavy atom. The molecule has 1 aliphatic rings. The van der Waals surface area contributed by atoms with Crippen LogP contribution in [0.1, 0.15) is 46.0 Å². The van der Waals surface area contributed by atoms with Gasteiger partial charge in [-0.2, -0.15) is 4.31 Å². The van der Waals surface area contributed by atoms with Crippen molar-refractivity contribution in [1.82, 2.24) is 9.62 Å². The van der Waals surface area contributed by atoms with Crippen LogP contribution in [0.2, 0.25) is 0 Å². The van der Waals surface area contributed by atoms with Crippen LogP contribution in [0.15, 0.2) is 0 Å². The van der Waals surface area contributed by atoms with Crippen molar-refractivity contribution in [3.8, 4) is 0 Å². The fourth-order valence-corrected chi connectivity index (χ4v) is 4.52. The summed E-state index contributed by atoms with van der Waals surface area (Å²) in [6.45, 7) is 5.75. The highest BCUT2D eigenvalue weighted by Gasteiger charge is 2.31. The van der Waals surface area contributed by atoms with Crippen molar-refractivity contribution in [2.75, 3.05) is 25.9 Å². The molecular weight excluding hydrogens is 248 g/mol. The number of hydrogen-bond donors (Lipinski definition) is 1. The Balaban J connectivity index is 2.63. The molecule has 5 heteroatoms. The van der Waals surface area contributed by atoms with E-state index in [0.29, 0.717) is 11.7 Å². The molecule has 0 aromatic rings. The summed E-state index contributed by atoms with van der Waals surface area (Å²) in [5.41, 5.74) is 0. The highest BCUT2D eigenvalue weighted by molar-refractivity contribution is 7.89. The van der Waals surface area contributed by atoms with E-state index in [4.69, 9.17) is 0 Å². The van der Waals surface area contributed by atoms with Gasteiger partial charge in [0.05, 0.1) is 5.75 Å². The van der Waals surface area contributed by atoms with Gasteiger partial charge in [0.1, 0.15) is 0 Å². The first kappa shape index (κ1) is 15.9. The van der Waals surface area contributed by atoms with Gasteiger partial charge >= 0.3 is 0 Å². The second-order valence-electron chi connectivity index (χ2n) is 5.65. The smallest absolute Gasteiger partial charge is 0.214 e. The summed E-state index contributed by atoms with van der Waals surface area (Å²) in [5, 5.41) is 3.12. The van der Waals surface area contributed by atoms with E-state index in [1.54, 1.807) is 4.31 Å². The summed E-state index contributed by atoms with van der Waals surface area (Å²) in [5.74, 6) is 0.751. The second-order valence-corrected chi connectivity index (χ2v) is 7.69. The number of hydrogen-bond acceptors (Lipinski definition) is 3. The van der Waals surface area contributed by atoms with Crippen LogP contribution in [-0.4, -0.2) is 44.7 Å². The summed E-state index contributed by atoms with van der Waals surface area (Å²) < 4.78 is 26.5. The van der Waals surface area contributed by atoms with Gasteiger partial charge in [-0.3, -0.25) is 0 Å². The number of piperidine rings is 1. The van der Waals surface area contributed by atoms with Crippen molar-refractivity contribution in [1.29, 1.82) is 0 Å². The molecule has 0 amide bonds. The van der Waals surface area contributed by atoms with Gasteiger partial charge in [0.2, 0.25) is 10.0 Å². The van der Waals surface area contributed by atoms with E-state index in [9.17, 15) is 8.42 Å². The lowest BCUT2D eigenvalue weighted by atomic mass is 10.0. The van der Waals surface area contributed by atoms with Crippen LogP contribution < -0.4 is 5.32 Å². The number of sulfonamides is 1. The Morgan fingerprint density at radius 2 is 2.06 bits per heavy atom. The Kier molecular flexibility index (Phi) is 6.60. The van der Waals surface area contributed by atoms with Crippen LogP contribution in [0, 0.1) is 5.92 Å². The zero-order chi connectivity index (χ0) is 13.6. The lowest BCUT2D eigenvalue weighted by Gasteiger charge is -2.35. The standard InChI is InChI=1S/C13H28N2O2S/c1-12(2)8-11-18(16,17)15-10-5-4-6-13(15)7-9-14-3/h12-14H,4-11H2,1-3H3. The van der Waals surface area contributed by atoms with Crippen molar-refractivity contribution in [2.45, 2.75) is 52.0 Å². The van der Waals surface area contributed by atoms with Crippen LogP contribution in [-0.2, 0) is 10.0 Å². The molecule has 0 bridgehead atoms. The fraction of sp³-hybridized carbons (Fsp3) is 1.00. The molecule has 1 atom stereocenters. The maximum Gasteiger partial charge on any atom is 0.214 e. The first-order chi connectivity index (χ1) is 8.47. The van der Waals surface area contributed by atoms with Gasteiger partial charge in [-0.15, -0.1) is 0 Å². The molecule has 108 valence electrons. The summed E-state index contributed by atoms with van der Waals surface area (Å²) in [7, 11) is -1.14. The third-order valence-corrected chi connectivity index (χ3v) is 5.56. The molecule has 1 unspecified atom stereocenters. The lowest BCUT2D eigenvalue weighted by molar-refractivity contribution is 0.240. The molecule has 1 rings (SSSR count). The first-order valence-corrected chi connectivity index (χ1v) is 8.72. The van der Waals surface area contributed by atoms with E-state index < -0.39 is 10.0 Å². The van der Waals surface area contributed by atoms with Gasteiger partial charge in [0.25, 0.3) is 0 Å². The van der Waals surface area contributed by atoms with Crippen LogP contribution in [0.5, 0.6) is 0 Å². The molecule has 18 heavy (non-hydrogen) atoms. The zero-order valence-electron chi connectivity index (χ0n) is 12.0. The van der Waals surface area contributed by atoms with Crippen LogP contribution >= 0.6 is 0 Å². The van der Waals surface area contributed by atoms with Gasteiger partial charge in [-0.05, 0) is 45.2 Å². The topological polar surface area (TPSA) is 49.4 Å². The molecule has 0 aromatic heterocycles. The minimum atomic E-state index is -3.05. The highest BCUT2D eigenvalue weighted by Crippen LogP contribution is 2.23. The molecule has 0 aliphatic carbocycles. The maximum atomic E-state index is 12.4. The van der Waals surface area contributed by atoms with Crippen molar-refractivity contribution in [3.05, 3.63) is 0 Å². The van der Waals surface area contributed by atoms with E-state index in [1.165, 1.54) is 0 Å². The molecule has 0 spiro atoms. The van der Waals surface area contributed by atoms with Gasteiger partial charge in [-0.25, -0.2) is 8.42 Å². The molecular formula is C13H28N2O2S. The van der Waals surface area contributed by atoms with Crippen molar-refractivity contribution < 1.29 is 8.42 Å². The highest BCUT2D eigenvalue weighted by atomic mass is 32.2. The fourth-order valence-electron chi connectivity index (χ4n) is 2.44. The van der Waals surface area contributed by atoms with E-state index in [-0.39, 0.29) is 6.04 Å². The average molecular weight is 276 g/mol. The summed E-state index contributed by atoms with van der Waals surface area (Å²) >= 11 is 0. The predicted molar refractivity (Wildman–Crippen MR) is 76.1 cm³/mol. The second kappa shape index (κ2) is 7.46. The van der Waals surface area contributed by atoms with Crippen LogP contribution in [0.25, 0.3) is 0 Å². The molecule has 1 saturated heterocycles. The van der Waals surface area contributed by atoms with Crippen molar-refractivity contribution in [3.63, 3.8) is 0 Å². The van der Waals surface area contributed by atoms with Crippen molar-refractivity contribution >= 4 is 10.0 Å². The maximum absolute atomic E-state index is 12.4. The zero-order valence-corrected chi connectivity index (χ0v) is 12.8. The van der Waals surface area contributed by atoms with E-state index in [2.05, 4.69) is 19.2 Å². The first-order valence-electron chi connectivity index (χ1n) is 7.11. The largest absolute Gasteiger partial charge is 0.320 e. The molecule has 4 nitrogen and oxygen atoms in total. The molecule has 0 saturated carbocycles. The van der Waals surface area contributed by atoms with Gasteiger partial charge in [-0.1, -0.05) is 20.3 Å². The molecule has 1 aliphatic heterocycles. The monoisotopic (exact) mass is 276 g/mol. The van der Waals surface area contributed by atoms with Crippen LogP contribution in [0.4, 0.5) is 0 Å². The van der Waals surface area contributed by atoms with Gasteiger partial charge in [0.15, 0.2) is 0 Å². The number of nitrogens with zero attached hydrogens (tertiary/aromatic N) is 1. The van der Waals surface area contributed by atoms with Gasteiger partial charge in [0, 0.05) is 12.6 Å². The number of rotatable bonds is 7. The summed E-state index contributed by atoms with van der Waals surface area (Å²) in [4.78, 5) is 0. The quantitative estimate of drug-likeness (QED) is 0.772. The average Bonchev–Trinajstić information content (AvgIpc) is 2.34. The molecule has 1 N–H and O–H groups in total. The third-order valence-electron chi connectivity index (χ3n) is 3.61. The van der Waals surface area contributed by atoms with Crippen molar-refractivity contribution in [2.24, 2.45) is 5.92 Å².